The van der Waals surface area contributed by atoms with Gasteiger partial charge in [0.15, 0.2) is 5.78 Å². The highest BCUT2D eigenvalue weighted by Gasteiger charge is 2.25. The van der Waals surface area contributed by atoms with Crippen molar-refractivity contribution in [1.82, 2.24) is 4.90 Å². The van der Waals surface area contributed by atoms with Gasteiger partial charge in [0.2, 0.25) is 0 Å². The number of aliphatic carboxylic acids is 1. The highest BCUT2D eigenvalue weighted by atomic mass is 32.1. The molecule has 1 aliphatic heterocycles. The normalized spacial score (nSPS) is 18.6. The maximum atomic E-state index is 12.2. The number of thiophene rings is 1. The molecule has 23 heavy (non-hydrogen) atoms. The van der Waals surface area contributed by atoms with Crippen molar-refractivity contribution in [2.24, 2.45) is 5.92 Å². The Morgan fingerprint density at radius 3 is 2.78 bits per heavy atom. The molecule has 1 aromatic rings. The number of Topliss-reactive ketones (excluding diaryl/α,β-unsaturated/α-hetero) is 1. The Bertz CT molecular complexity index is 583. The van der Waals surface area contributed by atoms with Gasteiger partial charge >= 0.3 is 11.9 Å². The first-order valence-electron chi connectivity index (χ1n) is 7.76. The van der Waals surface area contributed by atoms with Crippen molar-refractivity contribution in [1.29, 1.82) is 0 Å². The summed E-state index contributed by atoms with van der Waals surface area (Å²) in [4.78, 5) is 37.9. The Morgan fingerprint density at radius 2 is 2.09 bits per heavy atom. The van der Waals surface area contributed by atoms with Crippen LogP contribution in [0.1, 0.15) is 45.5 Å². The van der Waals surface area contributed by atoms with Gasteiger partial charge in [0.1, 0.15) is 4.88 Å². The second kappa shape index (κ2) is 8.21. The number of carboxylic acids is 1. The second-order valence-corrected chi connectivity index (χ2v) is 6.62. The number of carbonyl (C=O) groups excluding carboxylic acids is 2. The minimum absolute atomic E-state index is 0.0250. The molecule has 126 valence electrons. The van der Waals surface area contributed by atoms with E-state index in [0.29, 0.717) is 42.3 Å². The number of hydrogen-bond donors (Lipinski definition) is 1. The van der Waals surface area contributed by atoms with Crippen LogP contribution in [0.3, 0.4) is 0 Å². The first-order chi connectivity index (χ1) is 11.0. The molecular formula is C16H21NO5S. The zero-order valence-corrected chi connectivity index (χ0v) is 13.9. The van der Waals surface area contributed by atoms with Gasteiger partial charge in [-0.1, -0.05) is 0 Å². The predicted octanol–water partition coefficient (Wildman–Crippen LogP) is 2.29. The summed E-state index contributed by atoms with van der Waals surface area (Å²) in [6.07, 6.45) is 1.87. The van der Waals surface area contributed by atoms with Crippen molar-refractivity contribution in [3.63, 3.8) is 0 Å². The highest BCUT2D eigenvalue weighted by Crippen LogP contribution is 2.21. The smallest absolute Gasteiger partial charge is 0.348 e. The predicted molar refractivity (Wildman–Crippen MR) is 86.0 cm³/mol. The molecule has 0 spiro atoms. The van der Waals surface area contributed by atoms with E-state index in [9.17, 15) is 14.4 Å². The summed E-state index contributed by atoms with van der Waals surface area (Å²) in [6, 6.07) is 3.26. The zero-order valence-electron chi connectivity index (χ0n) is 13.1. The molecule has 7 heteroatoms. The van der Waals surface area contributed by atoms with Crippen molar-refractivity contribution >= 4 is 29.1 Å². The molecule has 0 aliphatic carbocycles. The summed E-state index contributed by atoms with van der Waals surface area (Å²) < 4.78 is 4.91. The summed E-state index contributed by atoms with van der Waals surface area (Å²) in [7, 11) is 0. The third-order valence-corrected chi connectivity index (χ3v) is 4.97. The van der Waals surface area contributed by atoms with E-state index in [1.54, 1.807) is 19.1 Å². The van der Waals surface area contributed by atoms with Crippen LogP contribution in [0, 0.1) is 5.92 Å². The number of likely N-dealkylation sites (tertiary alicyclic amines) is 1. The Kier molecular flexibility index (Phi) is 6.29. The maximum Gasteiger partial charge on any atom is 0.348 e. The molecular weight excluding hydrogens is 318 g/mol. The van der Waals surface area contributed by atoms with Crippen LogP contribution >= 0.6 is 11.3 Å². The lowest BCUT2D eigenvalue weighted by atomic mass is 9.98. The largest absolute Gasteiger partial charge is 0.481 e. The quantitative estimate of drug-likeness (QED) is 0.606. The SMILES string of the molecule is CCOC(=O)c1ccc(C(=O)CCN2CCCC(C(=O)O)C2)s1. The number of rotatable bonds is 7. The van der Waals surface area contributed by atoms with Crippen LogP contribution in [0.2, 0.25) is 0 Å². The molecule has 0 saturated carbocycles. The zero-order chi connectivity index (χ0) is 16.8. The fraction of sp³-hybridized carbons (Fsp3) is 0.562. The molecule has 1 aliphatic rings. The fourth-order valence-electron chi connectivity index (χ4n) is 2.64. The Morgan fingerprint density at radius 1 is 1.35 bits per heavy atom. The standard InChI is InChI=1S/C16H21NO5S/c1-2-22-16(21)14-6-5-13(23-14)12(18)7-9-17-8-3-4-11(10-17)15(19)20/h5-6,11H,2-4,7-10H2,1H3,(H,19,20). The van der Waals surface area contributed by atoms with Gasteiger partial charge in [-0.05, 0) is 38.4 Å². The number of hydrogen-bond acceptors (Lipinski definition) is 6. The van der Waals surface area contributed by atoms with E-state index in [4.69, 9.17) is 9.84 Å². The summed E-state index contributed by atoms with van der Waals surface area (Å²) in [5, 5.41) is 9.07. The molecule has 6 nitrogen and oxygen atoms in total. The minimum Gasteiger partial charge on any atom is -0.481 e. The van der Waals surface area contributed by atoms with Gasteiger partial charge in [-0.15, -0.1) is 11.3 Å². The Hall–Kier alpha value is -1.73. The number of ketones is 1. The van der Waals surface area contributed by atoms with Gasteiger partial charge in [-0.2, -0.15) is 0 Å². The number of carbonyl (C=O) groups is 3. The number of carboxylic acid groups (broad SMARTS) is 1. The molecule has 0 radical (unpaired) electrons. The van der Waals surface area contributed by atoms with Crippen molar-refractivity contribution < 1.29 is 24.2 Å². The summed E-state index contributed by atoms with van der Waals surface area (Å²) in [6.45, 7) is 3.92. The lowest BCUT2D eigenvalue weighted by Gasteiger charge is -2.30. The molecule has 1 aromatic heterocycles. The summed E-state index contributed by atoms with van der Waals surface area (Å²) in [5.74, 6) is -1.53. The minimum atomic E-state index is -0.765. The molecule has 2 rings (SSSR count). The molecule has 1 N–H and O–H groups in total. The average Bonchev–Trinajstić information content (AvgIpc) is 3.03. The average molecular weight is 339 g/mol. The third-order valence-electron chi connectivity index (χ3n) is 3.87. The molecule has 0 aromatic carbocycles. The molecule has 1 saturated heterocycles. The van der Waals surface area contributed by atoms with Crippen molar-refractivity contribution in [3.05, 3.63) is 21.9 Å². The Labute approximate surface area is 139 Å². The monoisotopic (exact) mass is 339 g/mol. The van der Waals surface area contributed by atoms with Crippen LogP contribution in [-0.2, 0) is 9.53 Å². The van der Waals surface area contributed by atoms with E-state index in [2.05, 4.69) is 0 Å². The number of esters is 1. The van der Waals surface area contributed by atoms with Gasteiger partial charge < -0.3 is 14.7 Å². The van der Waals surface area contributed by atoms with Gasteiger partial charge in [0.05, 0.1) is 17.4 Å². The van der Waals surface area contributed by atoms with Crippen LogP contribution in [0.25, 0.3) is 0 Å². The van der Waals surface area contributed by atoms with Crippen LogP contribution in [0.5, 0.6) is 0 Å². The van der Waals surface area contributed by atoms with Crippen molar-refractivity contribution in [3.8, 4) is 0 Å². The molecule has 1 unspecified atom stereocenters. The topological polar surface area (TPSA) is 83.9 Å². The van der Waals surface area contributed by atoms with E-state index in [1.165, 1.54) is 0 Å². The molecule has 0 bridgehead atoms. The number of ether oxygens (including phenoxy) is 1. The van der Waals surface area contributed by atoms with E-state index in [0.717, 1.165) is 24.3 Å². The lowest BCUT2D eigenvalue weighted by Crippen LogP contribution is -2.39. The highest BCUT2D eigenvalue weighted by molar-refractivity contribution is 7.15. The molecule has 1 atom stereocenters. The molecule has 0 amide bonds. The van der Waals surface area contributed by atoms with Gasteiger partial charge in [0.25, 0.3) is 0 Å². The van der Waals surface area contributed by atoms with E-state index < -0.39 is 11.9 Å². The Balaban J connectivity index is 1.85. The van der Waals surface area contributed by atoms with E-state index >= 15 is 0 Å². The first kappa shape index (κ1) is 17.6. The van der Waals surface area contributed by atoms with Crippen molar-refractivity contribution in [2.45, 2.75) is 26.2 Å². The van der Waals surface area contributed by atoms with Crippen LogP contribution in [0.15, 0.2) is 12.1 Å². The van der Waals surface area contributed by atoms with Gasteiger partial charge in [-0.25, -0.2) is 4.79 Å². The van der Waals surface area contributed by atoms with Crippen LogP contribution in [0.4, 0.5) is 0 Å². The first-order valence-corrected chi connectivity index (χ1v) is 8.58. The fourth-order valence-corrected chi connectivity index (χ4v) is 3.51. The van der Waals surface area contributed by atoms with E-state index in [-0.39, 0.29) is 11.7 Å². The molecule has 1 fully saturated rings. The third kappa shape index (κ3) is 4.87. The number of piperidine rings is 1. The molecule has 2 heterocycles. The second-order valence-electron chi connectivity index (χ2n) is 5.54. The summed E-state index contributed by atoms with van der Waals surface area (Å²) >= 11 is 1.14. The van der Waals surface area contributed by atoms with E-state index in [1.807, 2.05) is 4.90 Å². The number of nitrogens with zero attached hydrogens (tertiary/aromatic N) is 1. The maximum absolute atomic E-state index is 12.2. The van der Waals surface area contributed by atoms with Gasteiger partial charge in [-0.3, -0.25) is 9.59 Å². The lowest BCUT2D eigenvalue weighted by molar-refractivity contribution is -0.143. The van der Waals surface area contributed by atoms with Gasteiger partial charge in [0, 0.05) is 19.5 Å². The van der Waals surface area contributed by atoms with Crippen LogP contribution in [-0.4, -0.2) is 54.0 Å². The van der Waals surface area contributed by atoms with Crippen LogP contribution < -0.4 is 0 Å². The summed E-state index contributed by atoms with van der Waals surface area (Å²) in [5.41, 5.74) is 0. The van der Waals surface area contributed by atoms with Crippen molar-refractivity contribution in [2.75, 3.05) is 26.2 Å².